The summed E-state index contributed by atoms with van der Waals surface area (Å²) in [6.07, 6.45) is 0. The first kappa shape index (κ1) is 17.9. The Labute approximate surface area is 166 Å². The number of hydrogen-bond acceptors (Lipinski definition) is 3. The second-order valence-electron chi connectivity index (χ2n) is 6.28. The van der Waals surface area contributed by atoms with Crippen LogP contribution in [0.2, 0.25) is 5.02 Å². The van der Waals surface area contributed by atoms with Crippen LogP contribution in [0.25, 0.3) is 10.9 Å². The number of para-hydroxylation sites is 1. The number of azo groups is 1. The molecular formula is C22H16ClN3O2. The normalized spacial score (nSPS) is 11.3. The Hall–Kier alpha value is -3.44. The van der Waals surface area contributed by atoms with E-state index in [-0.39, 0.29) is 11.6 Å². The van der Waals surface area contributed by atoms with Gasteiger partial charge in [0, 0.05) is 16.0 Å². The number of aromatic hydroxyl groups is 1. The van der Waals surface area contributed by atoms with Gasteiger partial charge in [-0.25, -0.2) is 0 Å². The van der Waals surface area contributed by atoms with Crippen LogP contribution in [0.1, 0.15) is 15.9 Å². The number of amides is 1. The van der Waals surface area contributed by atoms with Gasteiger partial charge in [0.15, 0.2) is 5.69 Å². The second-order valence-corrected chi connectivity index (χ2v) is 6.71. The van der Waals surface area contributed by atoms with Crippen molar-refractivity contribution < 1.29 is 9.90 Å². The molecule has 0 atom stereocenters. The predicted octanol–water partition coefficient (Wildman–Crippen LogP) is 5.97. The Kier molecular flexibility index (Phi) is 4.91. The standard InChI is InChI=1S/C22H16ClN3O2/c23-17-10-6-9-16(13-17)21(27)25-24-20-18-11-4-5-12-19(18)26(22(20)28)14-15-7-2-1-3-8-15/h1-13,28H,14H2. The molecule has 1 amide bonds. The van der Waals surface area contributed by atoms with Crippen molar-refractivity contribution >= 4 is 34.1 Å². The largest absolute Gasteiger partial charge is 0.493 e. The lowest BCUT2D eigenvalue weighted by Gasteiger charge is -2.06. The summed E-state index contributed by atoms with van der Waals surface area (Å²) in [5.74, 6) is -0.561. The molecule has 1 N–H and O–H groups in total. The SMILES string of the molecule is O=C(N=Nc1c(O)n(Cc2ccccc2)c2ccccc12)c1cccc(Cl)c1. The number of nitrogens with zero attached hydrogens (tertiary/aromatic N) is 3. The fourth-order valence-electron chi connectivity index (χ4n) is 3.07. The zero-order valence-corrected chi connectivity index (χ0v) is 15.5. The third kappa shape index (κ3) is 3.52. The van der Waals surface area contributed by atoms with Crippen molar-refractivity contribution in [2.45, 2.75) is 6.54 Å². The van der Waals surface area contributed by atoms with Gasteiger partial charge in [-0.1, -0.05) is 66.2 Å². The quantitative estimate of drug-likeness (QED) is 0.437. The molecule has 6 heteroatoms. The van der Waals surface area contributed by atoms with Gasteiger partial charge < -0.3 is 9.67 Å². The van der Waals surface area contributed by atoms with Crippen molar-refractivity contribution in [3.05, 3.63) is 95.0 Å². The lowest BCUT2D eigenvalue weighted by Crippen LogP contribution is -1.98. The van der Waals surface area contributed by atoms with Gasteiger partial charge in [0.25, 0.3) is 5.91 Å². The number of carbonyl (C=O) groups is 1. The highest BCUT2D eigenvalue weighted by atomic mass is 35.5. The van der Waals surface area contributed by atoms with Crippen LogP contribution in [-0.2, 0) is 6.54 Å². The van der Waals surface area contributed by atoms with Crippen molar-refractivity contribution in [2.24, 2.45) is 10.2 Å². The third-order valence-corrected chi connectivity index (χ3v) is 4.65. The molecule has 1 heterocycles. The second kappa shape index (κ2) is 7.66. The van der Waals surface area contributed by atoms with Crippen molar-refractivity contribution in [1.82, 2.24) is 4.57 Å². The number of benzene rings is 3. The van der Waals surface area contributed by atoms with Crippen LogP contribution in [0.15, 0.2) is 89.1 Å². The molecule has 4 aromatic rings. The molecule has 0 unspecified atom stereocenters. The summed E-state index contributed by atoms with van der Waals surface area (Å²) in [5.41, 5.74) is 2.45. The predicted molar refractivity (Wildman–Crippen MR) is 109 cm³/mol. The minimum absolute atomic E-state index is 0.0345. The number of rotatable bonds is 4. The maximum absolute atomic E-state index is 12.3. The molecule has 0 saturated heterocycles. The molecule has 5 nitrogen and oxygen atoms in total. The highest BCUT2D eigenvalue weighted by Crippen LogP contribution is 2.39. The van der Waals surface area contributed by atoms with E-state index in [1.807, 2.05) is 54.6 Å². The van der Waals surface area contributed by atoms with Gasteiger partial charge in [-0.05, 0) is 29.8 Å². The zero-order valence-electron chi connectivity index (χ0n) is 14.8. The maximum Gasteiger partial charge on any atom is 0.295 e. The van der Waals surface area contributed by atoms with Crippen molar-refractivity contribution in [2.75, 3.05) is 0 Å². The average Bonchev–Trinajstić information content (AvgIpc) is 2.98. The van der Waals surface area contributed by atoms with Gasteiger partial charge >= 0.3 is 0 Å². The Balaban J connectivity index is 1.73. The molecule has 4 rings (SSSR count). The smallest absolute Gasteiger partial charge is 0.295 e. The van der Waals surface area contributed by atoms with E-state index in [0.717, 1.165) is 16.5 Å². The lowest BCUT2D eigenvalue weighted by molar-refractivity contribution is 0.0995. The molecule has 0 radical (unpaired) electrons. The first-order valence-corrected chi connectivity index (χ1v) is 9.07. The van der Waals surface area contributed by atoms with E-state index in [2.05, 4.69) is 10.2 Å². The monoisotopic (exact) mass is 389 g/mol. The molecule has 0 spiro atoms. The molecule has 3 aromatic carbocycles. The first-order chi connectivity index (χ1) is 13.6. The molecule has 0 bridgehead atoms. The summed E-state index contributed by atoms with van der Waals surface area (Å²) in [6, 6.07) is 23.8. The Morgan fingerprint density at radius 1 is 0.964 bits per heavy atom. The van der Waals surface area contributed by atoms with E-state index in [9.17, 15) is 9.90 Å². The van der Waals surface area contributed by atoms with E-state index >= 15 is 0 Å². The molecular weight excluding hydrogens is 374 g/mol. The molecule has 0 saturated carbocycles. The third-order valence-electron chi connectivity index (χ3n) is 4.41. The molecule has 0 aliphatic rings. The Bertz CT molecular complexity index is 1180. The first-order valence-electron chi connectivity index (χ1n) is 8.69. The molecule has 0 aliphatic heterocycles. The summed E-state index contributed by atoms with van der Waals surface area (Å²) < 4.78 is 1.75. The summed E-state index contributed by atoms with van der Waals surface area (Å²) >= 11 is 5.92. The van der Waals surface area contributed by atoms with E-state index in [1.54, 1.807) is 22.8 Å². The lowest BCUT2D eigenvalue weighted by atomic mass is 10.2. The zero-order chi connectivity index (χ0) is 19.5. The average molecular weight is 390 g/mol. The fraction of sp³-hybridized carbons (Fsp3) is 0.0455. The number of carbonyl (C=O) groups excluding carboxylic acids is 1. The van der Waals surface area contributed by atoms with Gasteiger partial charge in [0.1, 0.15) is 0 Å². The van der Waals surface area contributed by atoms with Crippen LogP contribution in [0.3, 0.4) is 0 Å². The van der Waals surface area contributed by atoms with Gasteiger partial charge in [-0.15, -0.1) is 10.2 Å². The highest BCUT2D eigenvalue weighted by Gasteiger charge is 2.17. The van der Waals surface area contributed by atoms with E-state index in [4.69, 9.17) is 11.6 Å². The molecule has 138 valence electrons. The van der Waals surface area contributed by atoms with Crippen molar-refractivity contribution in [3.8, 4) is 5.88 Å². The van der Waals surface area contributed by atoms with Crippen molar-refractivity contribution in [1.29, 1.82) is 0 Å². The minimum atomic E-state index is -0.526. The van der Waals surface area contributed by atoms with Crippen LogP contribution < -0.4 is 0 Å². The van der Waals surface area contributed by atoms with Crippen LogP contribution in [0.5, 0.6) is 5.88 Å². The van der Waals surface area contributed by atoms with Gasteiger partial charge in [-0.2, -0.15) is 0 Å². The topological polar surface area (TPSA) is 66.9 Å². The number of fused-ring (bicyclic) bond motifs is 1. The Morgan fingerprint density at radius 2 is 1.71 bits per heavy atom. The maximum atomic E-state index is 12.3. The van der Waals surface area contributed by atoms with Crippen LogP contribution >= 0.6 is 11.6 Å². The summed E-state index contributed by atoms with van der Waals surface area (Å²) in [6.45, 7) is 0.477. The summed E-state index contributed by atoms with van der Waals surface area (Å²) in [5, 5.41) is 19.8. The van der Waals surface area contributed by atoms with Crippen LogP contribution in [-0.4, -0.2) is 15.6 Å². The van der Waals surface area contributed by atoms with Crippen LogP contribution in [0.4, 0.5) is 5.69 Å². The molecule has 0 aliphatic carbocycles. The minimum Gasteiger partial charge on any atom is -0.493 e. The Morgan fingerprint density at radius 3 is 2.50 bits per heavy atom. The summed E-state index contributed by atoms with van der Waals surface area (Å²) in [4.78, 5) is 12.3. The summed E-state index contributed by atoms with van der Waals surface area (Å²) in [7, 11) is 0. The van der Waals surface area contributed by atoms with Crippen LogP contribution in [0, 0.1) is 0 Å². The van der Waals surface area contributed by atoms with Crippen molar-refractivity contribution in [3.63, 3.8) is 0 Å². The number of halogens is 1. The number of hydrogen-bond donors (Lipinski definition) is 1. The number of aromatic nitrogens is 1. The van der Waals surface area contributed by atoms with Gasteiger partial charge in [-0.3, -0.25) is 4.79 Å². The van der Waals surface area contributed by atoms with Gasteiger partial charge in [0.05, 0.1) is 12.1 Å². The molecule has 0 fully saturated rings. The van der Waals surface area contributed by atoms with E-state index in [1.165, 1.54) is 6.07 Å². The van der Waals surface area contributed by atoms with E-state index < -0.39 is 5.91 Å². The fourth-order valence-corrected chi connectivity index (χ4v) is 3.26. The highest BCUT2D eigenvalue weighted by molar-refractivity contribution is 6.31. The van der Waals surface area contributed by atoms with E-state index in [0.29, 0.717) is 17.1 Å². The molecule has 28 heavy (non-hydrogen) atoms. The van der Waals surface area contributed by atoms with Gasteiger partial charge in [0.2, 0.25) is 5.88 Å². The molecule has 1 aromatic heterocycles.